The van der Waals surface area contributed by atoms with Crippen molar-refractivity contribution in [3.05, 3.63) is 23.8 Å². The molecule has 1 spiro atoms. The Hall–Kier alpha value is -1.79. The van der Waals surface area contributed by atoms with Crippen molar-refractivity contribution in [2.45, 2.75) is 63.9 Å². The van der Waals surface area contributed by atoms with Crippen molar-refractivity contribution < 1.29 is 23.7 Å². The summed E-state index contributed by atoms with van der Waals surface area (Å²) < 4.78 is 23.2. The summed E-state index contributed by atoms with van der Waals surface area (Å²) in [6, 6.07) is 5.97. The lowest BCUT2D eigenvalue weighted by Crippen LogP contribution is -2.54. The number of esters is 1. The summed E-state index contributed by atoms with van der Waals surface area (Å²) in [6.45, 7) is 6.28. The largest absolute Gasteiger partial charge is 0.462 e. The van der Waals surface area contributed by atoms with Crippen molar-refractivity contribution >= 4 is 5.97 Å². The average molecular weight is 399 g/mol. The van der Waals surface area contributed by atoms with E-state index >= 15 is 0 Å². The molecule has 2 aliphatic carbocycles. The molecule has 0 radical (unpaired) electrons. The Bertz CT molecular complexity index is 858. The van der Waals surface area contributed by atoms with Crippen LogP contribution in [0.15, 0.2) is 18.2 Å². The van der Waals surface area contributed by atoms with Crippen LogP contribution < -0.4 is 14.8 Å². The molecule has 1 aromatic rings. The van der Waals surface area contributed by atoms with Crippen LogP contribution in [-0.4, -0.2) is 37.1 Å². The van der Waals surface area contributed by atoms with Gasteiger partial charge in [-0.25, -0.2) is 0 Å². The van der Waals surface area contributed by atoms with Gasteiger partial charge in [0.25, 0.3) is 0 Å². The second-order valence-electron chi connectivity index (χ2n) is 9.87. The Morgan fingerprint density at radius 2 is 2.10 bits per heavy atom. The van der Waals surface area contributed by atoms with E-state index in [2.05, 4.69) is 19.2 Å². The Labute approximate surface area is 171 Å². The van der Waals surface area contributed by atoms with Gasteiger partial charge in [0.05, 0.1) is 12.0 Å². The van der Waals surface area contributed by atoms with E-state index in [0.29, 0.717) is 19.0 Å². The molecule has 6 nitrogen and oxygen atoms in total. The van der Waals surface area contributed by atoms with Crippen molar-refractivity contribution in [2.24, 2.45) is 23.2 Å². The fourth-order valence-corrected chi connectivity index (χ4v) is 6.89. The normalized spacial score (nSPS) is 43.9. The minimum Gasteiger partial charge on any atom is -0.462 e. The van der Waals surface area contributed by atoms with Gasteiger partial charge in [0, 0.05) is 24.4 Å². The highest BCUT2D eigenvalue weighted by atomic mass is 16.7. The summed E-state index contributed by atoms with van der Waals surface area (Å²) in [7, 11) is 0. The minimum absolute atomic E-state index is 0.00997. The highest BCUT2D eigenvalue weighted by molar-refractivity contribution is 5.76. The van der Waals surface area contributed by atoms with Gasteiger partial charge in [-0.1, -0.05) is 26.3 Å². The van der Waals surface area contributed by atoms with Crippen LogP contribution in [0, 0.1) is 23.2 Å². The van der Waals surface area contributed by atoms with E-state index in [1.807, 2.05) is 18.2 Å². The van der Waals surface area contributed by atoms with E-state index in [1.54, 1.807) is 0 Å². The maximum Gasteiger partial charge on any atom is 0.311 e. The number of carbonyl (C=O) groups excluding carboxylic acids is 1. The molecule has 6 rings (SSSR count). The Kier molecular flexibility index (Phi) is 3.80. The first kappa shape index (κ1) is 18.0. The third kappa shape index (κ3) is 2.45. The zero-order valence-corrected chi connectivity index (χ0v) is 17.1. The molecule has 4 fully saturated rings. The van der Waals surface area contributed by atoms with Crippen LogP contribution in [-0.2, 0) is 20.8 Å². The molecule has 5 aliphatic rings. The predicted molar refractivity (Wildman–Crippen MR) is 104 cm³/mol. The molecular weight excluding hydrogens is 370 g/mol. The van der Waals surface area contributed by atoms with Gasteiger partial charge in [-0.15, -0.1) is 0 Å². The van der Waals surface area contributed by atoms with Gasteiger partial charge in [0.2, 0.25) is 6.79 Å². The van der Waals surface area contributed by atoms with Crippen molar-refractivity contribution in [3.8, 4) is 11.5 Å². The molecule has 156 valence electrons. The first-order chi connectivity index (χ1) is 14.0. The van der Waals surface area contributed by atoms with Crippen LogP contribution in [0.4, 0.5) is 0 Å². The molecule has 7 unspecified atom stereocenters. The molecule has 0 aromatic heterocycles. The second-order valence-corrected chi connectivity index (χ2v) is 9.87. The third-order valence-corrected chi connectivity index (χ3v) is 8.32. The van der Waals surface area contributed by atoms with E-state index in [4.69, 9.17) is 18.9 Å². The molecule has 1 aromatic carbocycles. The zero-order valence-electron chi connectivity index (χ0n) is 17.1. The highest BCUT2D eigenvalue weighted by Crippen LogP contribution is 2.70. The number of hydrogen-bond acceptors (Lipinski definition) is 6. The molecule has 2 saturated carbocycles. The average Bonchev–Trinajstić information content (AvgIpc) is 3.15. The summed E-state index contributed by atoms with van der Waals surface area (Å²) in [4.78, 5) is 12.7. The molecular formula is C23H29NO5. The van der Waals surface area contributed by atoms with Crippen LogP contribution in [0.5, 0.6) is 11.5 Å². The lowest BCUT2D eigenvalue weighted by atomic mass is 9.53. The molecule has 3 aliphatic heterocycles. The molecule has 29 heavy (non-hydrogen) atoms. The first-order valence-corrected chi connectivity index (χ1v) is 11.0. The van der Waals surface area contributed by atoms with Crippen LogP contribution in [0.1, 0.15) is 45.1 Å². The zero-order chi connectivity index (χ0) is 19.8. The van der Waals surface area contributed by atoms with Crippen molar-refractivity contribution in [3.63, 3.8) is 0 Å². The van der Waals surface area contributed by atoms with Gasteiger partial charge in [0.15, 0.2) is 11.5 Å². The lowest BCUT2D eigenvalue weighted by molar-refractivity contribution is -0.146. The molecule has 6 heteroatoms. The van der Waals surface area contributed by atoms with Crippen LogP contribution in [0.25, 0.3) is 0 Å². The smallest absolute Gasteiger partial charge is 0.311 e. The second kappa shape index (κ2) is 6.11. The Morgan fingerprint density at radius 1 is 1.24 bits per heavy atom. The molecule has 0 bridgehead atoms. The standard InChI is InChI=1S/C23H29NO5/c1-13-4-3-7-22(2)9-18-19(20-23(13,22)29-20)15(21(25)28-18)11-24-10-14-5-6-16-17(8-14)27-12-26-16/h5-6,8,13,15,18-20,24H,3-4,7,9-12H2,1-2H3. The predicted octanol–water partition coefficient (Wildman–Crippen LogP) is 3.03. The summed E-state index contributed by atoms with van der Waals surface area (Å²) in [5.74, 6) is 2.14. The fourth-order valence-electron chi connectivity index (χ4n) is 6.89. The first-order valence-electron chi connectivity index (χ1n) is 11.0. The quantitative estimate of drug-likeness (QED) is 0.620. The van der Waals surface area contributed by atoms with Crippen molar-refractivity contribution in [2.75, 3.05) is 13.3 Å². The van der Waals surface area contributed by atoms with E-state index in [9.17, 15) is 4.79 Å². The van der Waals surface area contributed by atoms with E-state index < -0.39 is 0 Å². The molecule has 0 amide bonds. The van der Waals surface area contributed by atoms with Gasteiger partial charge in [0.1, 0.15) is 11.7 Å². The Balaban J connectivity index is 1.16. The third-order valence-electron chi connectivity index (χ3n) is 8.32. The monoisotopic (exact) mass is 399 g/mol. The van der Waals surface area contributed by atoms with Gasteiger partial charge >= 0.3 is 5.97 Å². The van der Waals surface area contributed by atoms with E-state index in [1.165, 1.54) is 19.3 Å². The van der Waals surface area contributed by atoms with Gasteiger partial charge in [-0.3, -0.25) is 4.79 Å². The number of ether oxygens (including phenoxy) is 4. The van der Waals surface area contributed by atoms with Gasteiger partial charge in [-0.05, 0) is 42.9 Å². The number of fused-ring (bicyclic) bond motifs is 3. The number of benzene rings is 1. The SMILES string of the molecule is CC1CCCC2(C)CC3OC(=O)C(CNCc4ccc5c(c4)OCO5)C3C3OC132. The van der Waals surface area contributed by atoms with Crippen molar-refractivity contribution in [1.82, 2.24) is 5.32 Å². The maximum atomic E-state index is 12.7. The number of hydrogen-bond donors (Lipinski definition) is 1. The number of nitrogens with one attached hydrogen (secondary N) is 1. The Morgan fingerprint density at radius 3 is 3.00 bits per heavy atom. The summed E-state index contributed by atoms with van der Waals surface area (Å²) in [6.07, 6.45) is 4.79. The van der Waals surface area contributed by atoms with Crippen molar-refractivity contribution in [1.29, 1.82) is 0 Å². The summed E-state index contributed by atoms with van der Waals surface area (Å²) in [5, 5.41) is 3.48. The van der Waals surface area contributed by atoms with E-state index in [-0.39, 0.29) is 47.8 Å². The van der Waals surface area contributed by atoms with Gasteiger partial charge in [-0.2, -0.15) is 0 Å². The topological polar surface area (TPSA) is 69.3 Å². The molecule has 2 saturated heterocycles. The van der Waals surface area contributed by atoms with Gasteiger partial charge < -0.3 is 24.3 Å². The summed E-state index contributed by atoms with van der Waals surface area (Å²) in [5.41, 5.74) is 1.23. The summed E-state index contributed by atoms with van der Waals surface area (Å²) >= 11 is 0. The van der Waals surface area contributed by atoms with E-state index in [0.717, 1.165) is 23.5 Å². The fraction of sp³-hybridized carbons (Fsp3) is 0.696. The lowest BCUT2D eigenvalue weighted by Gasteiger charge is -2.48. The minimum atomic E-state index is -0.128. The number of carbonyl (C=O) groups is 1. The number of epoxide rings is 1. The van der Waals surface area contributed by atoms with Crippen LogP contribution in [0.3, 0.4) is 0 Å². The van der Waals surface area contributed by atoms with Crippen LogP contribution >= 0.6 is 0 Å². The maximum absolute atomic E-state index is 12.7. The molecule has 3 heterocycles. The number of rotatable bonds is 4. The highest BCUT2D eigenvalue weighted by Gasteiger charge is 2.78. The molecule has 1 N–H and O–H groups in total. The van der Waals surface area contributed by atoms with Crippen LogP contribution in [0.2, 0.25) is 0 Å². The molecule has 7 atom stereocenters.